The summed E-state index contributed by atoms with van der Waals surface area (Å²) in [4.78, 5) is 13.1. The van der Waals surface area contributed by atoms with Crippen LogP contribution in [0, 0.1) is 12.3 Å². The van der Waals surface area contributed by atoms with E-state index in [2.05, 4.69) is 41.5 Å². The van der Waals surface area contributed by atoms with Gasteiger partial charge in [0.1, 0.15) is 0 Å². The van der Waals surface area contributed by atoms with Crippen molar-refractivity contribution in [3.63, 3.8) is 0 Å². The van der Waals surface area contributed by atoms with Crippen molar-refractivity contribution in [3.8, 4) is 0 Å². The predicted molar refractivity (Wildman–Crippen MR) is 111 cm³/mol. The highest BCUT2D eigenvalue weighted by molar-refractivity contribution is 7.53. The lowest BCUT2D eigenvalue weighted by Crippen LogP contribution is -2.20. The number of hydrogen-bond acceptors (Lipinski definition) is 2. The van der Waals surface area contributed by atoms with Crippen LogP contribution in [-0.4, -0.2) is 11.9 Å². The van der Waals surface area contributed by atoms with Gasteiger partial charge in [-0.2, -0.15) is 0 Å². The van der Waals surface area contributed by atoms with Crippen LogP contribution >= 0.6 is 7.80 Å². The normalized spacial score (nSPS) is 12.8. The van der Waals surface area contributed by atoms with E-state index in [4.69, 9.17) is 0 Å². The molecule has 0 aliphatic rings. The quantitative estimate of drug-likeness (QED) is 0.488. The summed E-state index contributed by atoms with van der Waals surface area (Å²) in [6.45, 7) is 14.6. The lowest BCUT2D eigenvalue weighted by Gasteiger charge is -2.19. The second-order valence-corrected chi connectivity index (χ2v) is 10.7. The van der Waals surface area contributed by atoms with Gasteiger partial charge in [0.15, 0.2) is 11.9 Å². The number of hydrogen-bond donors (Lipinski definition) is 0. The molecule has 1 atom stereocenters. The Hall–Kier alpha value is -1.79. The molecule has 0 aromatic heterocycles. The fourth-order valence-corrected chi connectivity index (χ4v) is 4.89. The van der Waals surface area contributed by atoms with E-state index in [1.807, 2.05) is 43.3 Å². The molecule has 1 unspecified atom stereocenters. The van der Waals surface area contributed by atoms with Crippen LogP contribution in [0.4, 0.5) is 0 Å². The Labute approximate surface area is 158 Å². The van der Waals surface area contributed by atoms with Gasteiger partial charge >= 0.3 is 7.80 Å². The first-order valence-electron chi connectivity index (χ1n) is 9.10. The highest BCUT2D eigenvalue weighted by Crippen LogP contribution is 2.33. The van der Waals surface area contributed by atoms with E-state index in [9.17, 15) is 9.36 Å². The molecule has 0 aliphatic heterocycles. The molecule has 2 aromatic rings. The molecule has 0 radical (unpaired) electrons. The number of ketones is 1. The summed E-state index contributed by atoms with van der Waals surface area (Å²) in [7, 11) is -1.62. The van der Waals surface area contributed by atoms with Crippen LogP contribution in [0.3, 0.4) is 0 Å². The second-order valence-electron chi connectivity index (χ2n) is 9.22. The van der Waals surface area contributed by atoms with Gasteiger partial charge in [-0.15, -0.1) is 0 Å². The first-order valence-corrected chi connectivity index (χ1v) is 10.5. The summed E-state index contributed by atoms with van der Waals surface area (Å²) in [6, 6.07) is 13.4. The van der Waals surface area contributed by atoms with E-state index >= 15 is 0 Å². The van der Waals surface area contributed by atoms with Gasteiger partial charge in [-0.25, -0.2) is 0 Å². The zero-order valence-electron chi connectivity index (χ0n) is 17.0. The van der Waals surface area contributed by atoms with Gasteiger partial charge in [0.25, 0.3) is 0 Å². The van der Waals surface area contributed by atoms with E-state index in [-0.39, 0.29) is 16.6 Å². The van der Waals surface area contributed by atoms with Crippen LogP contribution in [-0.2, 0) is 9.98 Å². The molecular formula is C23H30O2P+. The van der Waals surface area contributed by atoms with Gasteiger partial charge in [-0.1, -0.05) is 82.5 Å². The van der Waals surface area contributed by atoms with Gasteiger partial charge < -0.3 is 0 Å². The van der Waals surface area contributed by atoms with Crippen molar-refractivity contribution >= 4 is 18.9 Å². The third-order valence-corrected chi connectivity index (χ3v) is 6.69. The van der Waals surface area contributed by atoms with Crippen molar-refractivity contribution in [2.24, 2.45) is 5.41 Å². The number of carbonyl (C=O) groups excluding carboxylic acids is 1. The number of rotatable bonds is 4. The Balaban J connectivity index is 2.44. The molecule has 0 amide bonds. The van der Waals surface area contributed by atoms with Crippen LogP contribution in [0.1, 0.15) is 68.6 Å². The molecule has 26 heavy (non-hydrogen) atoms. The smallest absolute Gasteiger partial charge is 0.288 e. The SMILES string of the molecule is Cc1cccc(C(=O)c2ccc(C(C)(C)C)cc2)c1[P+](=O)CC(C)(C)C. The maximum Gasteiger partial charge on any atom is 0.378 e. The Morgan fingerprint density at radius 1 is 0.923 bits per heavy atom. The third-order valence-electron chi connectivity index (χ3n) is 4.36. The van der Waals surface area contributed by atoms with Gasteiger partial charge in [-0.3, -0.25) is 4.79 Å². The summed E-state index contributed by atoms with van der Waals surface area (Å²) in [5.41, 5.74) is 3.32. The standard InChI is InChI=1S/C23H30O2P/c1-16-9-8-10-19(21(16)26(25)15-22(2,3)4)20(24)17-11-13-18(14-12-17)23(5,6)7/h8-14H,15H2,1-7H3/q+1. The molecule has 0 N–H and O–H groups in total. The van der Waals surface area contributed by atoms with Crippen molar-refractivity contribution in [1.29, 1.82) is 0 Å². The average molecular weight is 369 g/mol. The van der Waals surface area contributed by atoms with Crippen molar-refractivity contribution in [2.75, 3.05) is 6.16 Å². The number of aryl methyl sites for hydroxylation is 1. The minimum atomic E-state index is -1.62. The molecule has 0 bridgehead atoms. The van der Waals surface area contributed by atoms with E-state index in [0.717, 1.165) is 5.56 Å². The molecule has 0 spiro atoms. The summed E-state index contributed by atoms with van der Waals surface area (Å²) in [6.07, 6.45) is 0.566. The van der Waals surface area contributed by atoms with Crippen LogP contribution in [0.2, 0.25) is 0 Å². The van der Waals surface area contributed by atoms with Gasteiger partial charge in [0.2, 0.25) is 5.30 Å². The van der Waals surface area contributed by atoms with Gasteiger partial charge in [-0.05, 0) is 24.0 Å². The molecule has 2 aromatic carbocycles. The predicted octanol–water partition coefficient (Wildman–Crippen LogP) is 6.02. The van der Waals surface area contributed by atoms with E-state index in [1.165, 1.54) is 5.56 Å². The average Bonchev–Trinajstić information content (AvgIpc) is 2.51. The van der Waals surface area contributed by atoms with Crippen LogP contribution in [0.25, 0.3) is 0 Å². The summed E-state index contributed by atoms with van der Waals surface area (Å²) >= 11 is 0. The highest BCUT2D eigenvalue weighted by atomic mass is 31.1. The molecule has 3 heteroatoms. The Kier molecular flexibility index (Phi) is 5.88. The molecule has 138 valence electrons. The Morgan fingerprint density at radius 3 is 2.00 bits per heavy atom. The molecule has 0 aliphatic carbocycles. The van der Waals surface area contributed by atoms with Crippen molar-refractivity contribution in [3.05, 3.63) is 64.7 Å². The van der Waals surface area contributed by atoms with Crippen molar-refractivity contribution < 1.29 is 9.36 Å². The van der Waals surface area contributed by atoms with E-state index < -0.39 is 7.80 Å². The van der Waals surface area contributed by atoms with Crippen LogP contribution < -0.4 is 5.30 Å². The molecule has 0 saturated carbocycles. The summed E-state index contributed by atoms with van der Waals surface area (Å²) < 4.78 is 13.0. The maximum absolute atomic E-state index is 13.1. The third kappa shape index (κ3) is 4.89. The zero-order valence-corrected chi connectivity index (χ0v) is 17.9. The summed E-state index contributed by atoms with van der Waals surface area (Å²) in [5.74, 6) is -0.0542. The minimum Gasteiger partial charge on any atom is -0.288 e. The Morgan fingerprint density at radius 2 is 1.50 bits per heavy atom. The minimum absolute atomic E-state index is 0.0477. The lowest BCUT2D eigenvalue weighted by molar-refractivity contribution is 0.103. The molecule has 0 fully saturated rings. The van der Waals surface area contributed by atoms with Crippen molar-refractivity contribution in [2.45, 2.75) is 53.9 Å². The second kappa shape index (κ2) is 7.45. The van der Waals surface area contributed by atoms with Gasteiger partial charge in [0.05, 0.1) is 5.56 Å². The first kappa shape index (κ1) is 20.5. The zero-order chi connectivity index (χ0) is 19.7. The molecule has 2 nitrogen and oxygen atoms in total. The van der Waals surface area contributed by atoms with Crippen molar-refractivity contribution in [1.82, 2.24) is 0 Å². The van der Waals surface area contributed by atoms with Gasteiger partial charge in [0, 0.05) is 16.5 Å². The molecular weight excluding hydrogens is 339 g/mol. The largest absolute Gasteiger partial charge is 0.378 e. The first-order chi connectivity index (χ1) is 11.9. The maximum atomic E-state index is 13.1. The van der Waals surface area contributed by atoms with E-state index in [0.29, 0.717) is 22.6 Å². The highest BCUT2D eigenvalue weighted by Gasteiger charge is 2.34. The molecule has 2 rings (SSSR count). The van der Waals surface area contributed by atoms with Crippen LogP contribution in [0.5, 0.6) is 0 Å². The van der Waals surface area contributed by atoms with Crippen LogP contribution in [0.15, 0.2) is 42.5 Å². The molecule has 0 saturated heterocycles. The van der Waals surface area contributed by atoms with E-state index in [1.54, 1.807) is 6.07 Å². The fourth-order valence-electron chi connectivity index (χ4n) is 2.96. The number of carbonyl (C=O) groups is 1. The number of benzene rings is 2. The summed E-state index contributed by atoms with van der Waals surface area (Å²) in [5, 5.41) is 0.710. The molecule has 0 heterocycles. The monoisotopic (exact) mass is 369 g/mol. The lowest BCUT2D eigenvalue weighted by atomic mass is 9.86. The Bertz CT molecular complexity index is 819. The topological polar surface area (TPSA) is 34.1 Å². The fraction of sp³-hybridized carbons (Fsp3) is 0.435.